The second kappa shape index (κ2) is 7.74. The van der Waals surface area contributed by atoms with Gasteiger partial charge in [0.1, 0.15) is 12.6 Å². The van der Waals surface area contributed by atoms with E-state index in [2.05, 4.69) is 11.9 Å². The summed E-state index contributed by atoms with van der Waals surface area (Å²) < 4.78 is 4.73. The highest BCUT2D eigenvalue weighted by molar-refractivity contribution is 5.79. The maximum atomic E-state index is 11.3. The smallest absolute Gasteiger partial charge is 0.408 e. The van der Waals surface area contributed by atoms with Gasteiger partial charge in [-0.25, -0.2) is 9.59 Å². The average Bonchev–Trinajstić information content (AvgIpc) is 2.36. The fourth-order valence-electron chi connectivity index (χ4n) is 2.30. The molecule has 1 rings (SSSR count). The molecular weight excluding hydrogens is 234 g/mol. The molecule has 0 aromatic rings. The zero-order valence-corrected chi connectivity index (χ0v) is 10.6. The molecule has 1 atom stereocenters. The fourth-order valence-corrected chi connectivity index (χ4v) is 2.30. The van der Waals surface area contributed by atoms with Crippen LogP contribution in [0.25, 0.3) is 0 Å². The summed E-state index contributed by atoms with van der Waals surface area (Å²) in [7, 11) is 0. The van der Waals surface area contributed by atoms with Crippen LogP contribution in [0.3, 0.4) is 0 Å². The van der Waals surface area contributed by atoms with Crippen LogP contribution >= 0.6 is 0 Å². The zero-order chi connectivity index (χ0) is 13.4. The molecule has 0 aromatic heterocycles. The largest absolute Gasteiger partial charge is 0.480 e. The van der Waals surface area contributed by atoms with Gasteiger partial charge in [-0.2, -0.15) is 0 Å². The highest BCUT2D eigenvalue weighted by Crippen LogP contribution is 2.27. The molecule has 1 saturated carbocycles. The number of hydrogen-bond donors (Lipinski definition) is 2. The van der Waals surface area contributed by atoms with Crippen molar-refractivity contribution in [2.45, 2.75) is 44.6 Å². The lowest BCUT2D eigenvalue weighted by molar-refractivity contribution is -0.139. The molecule has 18 heavy (non-hydrogen) atoms. The monoisotopic (exact) mass is 255 g/mol. The third-order valence-electron chi connectivity index (χ3n) is 3.22. The standard InChI is InChI=1S/C13H21NO4/c1-2-8-18-13(17)14-11(12(15)16)9-10-6-4-3-5-7-10/h2,10-11H,1,3-9H2,(H,14,17)(H,15,16)/t11-/m0/s1. The first-order valence-electron chi connectivity index (χ1n) is 6.40. The van der Waals surface area contributed by atoms with Crippen LogP contribution in [0.15, 0.2) is 12.7 Å². The van der Waals surface area contributed by atoms with E-state index in [1.54, 1.807) is 0 Å². The number of rotatable bonds is 6. The van der Waals surface area contributed by atoms with Gasteiger partial charge in [-0.15, -0.1) is 0 Å². The highest BCUT2D eigenvalue weighted by Gasteiger charge is 2.25. The van der Waals surface area contributed by atoms with Crippen molar-refractivity contribution in [3.63, 3.8) is 0 Å². The molecule has 102 valence electrons. The number of carboxylic acid groups (broad SMARTS) is 1. The summed E-state index contributed by atoms with van der Waals surface area (Å²) in [6.45, 7) is 3.50. The van der Waals surface area contributed by atoms with Crippen molar-refractivity contribution in [1.29, 1.82) is 0 Å². The highest BCUT2D eigenvalue weighted by atomic mass is 16.5. The van der Waals surface area contributed by atoms with Gasteiger partial charge in [0, 0.05) is 0 Å². The van der Waals surface area contributed by atoms with Crippen molar-refractivity contribution in [2.24, 2.45) is 5.92 Å². The summed E-state index contributed by atoms with van der Waals surface area (Å²) in [5, 5.41) is 11.5. The van der Waals surface area contributed by atoms with Gasteiger partial charge in [-0.3, -0.25) is 0 Å². The van der Waals surface area contributed by atoms with Crippen LogP contribution in [0.4, 0.5) is 4.79 Å². The Morgan fingerprint density at radius 3 is 2.61 bits per heavy atom. The number of ether oxygens (including phenoxy) is 1. The van der Waals surface area contributed by atoms with Crippen LogP contribution in [0, 0.1) is 5.92 Å². The number of amides is 1. The summed E-state index contributed by atoms with van der Waals surface area (Å²) in [4.78, 5) is 22.4. The van der Waals surface area contributed by atoms with Gasteiger partial charge < -0.3 is 15.2 Å². The Kier molecular flexibility index (Phi) is 6.25. The molecule has 1 fully saturated rings. The van der Waals surface area contributed by atoms with E-state index in [1.807, 2.05) is 0 Å². The molecule has 1 amide bonds. The Balaban J connectivity index is 2.40. The topological polar surface area (TPSA) is 75.6 Å². The molecule has 5 nitrogen and oxygen atoms in total. The number of hydrogen-bond acceptors (Lipinski definition) is 3. The van der Waals surface area contributed by atoms with Gasteiger partial charge >= 0.3 is 12.1 Å². The number of carbonyl (C=O) groups is 2. The first-order valence-corrected chi connectivity index (χ1v) is 6.40. The van der Waals surface area contributed by atoms with E-state index in [0.717, 1.165) is 25.7 Å². The molecule has 0 spiro atoms. The third-order valence-corrected chi connectivity index (χ3v) is 3.22. The number of carbonyl (C=O) groups excluding carboxylic acids is 1. The maximum absolute atomic E-state index is 11.3. The van der Waals surface area contributed by atoms with Crippen LogP contribution < -0.4 is 5.32 Å². The molecule has 2 N–H and O–H groups in total. The molecule has 0 aromatic carbocycles. The van der Waals surface area contributed by atoms with Crippen LogP contribution in [0.1, 0.15) is 38.5 Å². The summed E-state index contributed by atoms with van der Waals surface area (Å²) in [5.74, 6) is -0.615. The Bertz CT molecular complexity index is 297. The summed E-state index contributed by atoms with van der Waals surface area (Å²) in [5.41, 5.74) is 0. The predicted octanol–water partition coefficient (Wildman–Crippen LogP) is 2.32. The summed E-state index contributed by atoms with van der Waals surface area (Å²) >= 11 is 0. The number of aliphatic carboxylic acids is 1. The van der Waals surface area contributed by atoms with Crippen LogP contribution in [-0.2, 0) is 9.53 Å². The van der Waals surface area contributed by atoms with Gasteiger partial charge in [-0.1, -0.05) is 44.8 Å². The van der Waals surface area contributed by atoms with E-state index in [0.29, 0.717) is 12.3 Å². The SMILES string of the molecule is C=CCOC(=O)N[C@@H](CC1CCCCC1)C(=O)O. The van der Waals surface area contributed by atoms with Gasteiger partial charge in [0.05, 0.1) is 0 Å². The van der Waals surface area contributed by atoms with Crippen molar-refractivity contribution in [3.05, 3.63) is 12.7 Å². The third kappa shape index (κ3) is 5.21. The van der Waals surface area contributed by atoms with Crippen molar-refractivity contribution in [1.82, 2.24) is 5.32 Å². The van der Waals surface area contributed by atoms with Gasteiger partial charge in [0.25, 0.3) is 0 Å². The number of carboxylic acids is 1. The van der Waals surface area contributed by atoms with Gasteiger partial charge in [-0.05, 0) is 12.3 Å². The van der Waals surface area contributed by atoms with E-state index in [9.17, 15) is 9.59 Å². The molecule has 5 heteroatoms. The molecule has 1 aliphatic carbocycles. The van der Waals surface area contributed by atoms with E-state index in [-0.39, 0.29) is 6.61 Å². The van der Waals surface area contributed by atoms with Crippen molar-refractivity contribution in [3.8, 4) is 0 Å². The lowest BCUT2D eigenvalue weighted by Gasteiger charge is -2.24. The molecule has 0 heterocycles. The fraction of sp³-hybridized carbons (Fsp3) is 0.692. The molecular formula is C13H21NO4. The van der Waals surface area contributed by atoms with E-state index < -0.39 is 18.1 Å². The van der Waals surface area contributed by atoms with Crippen molar-refractivity contribution >= 4 is 12.1 Å². The first kappa shape index (κ1) is 14.5. The van der Waals surface area contributed by atoms with Gasteiger partial charge in [0.2, 0.25) is 0 Å². The van der Waals surface area contributed by atoms with Crippen LogP contribution in [-0.4, -0.2) is 29.8 Å². The summed E-state index contributed by atoms with van der Waals surface area (Å²) in [6.07, 6.45) is 6.85. The van der Waals surface area contributed by atoms with Crippen LogP contribution in [0.2, 0.25) is 0 Å². The molecule has 0 radical (unpaired) electrons. The summed E-state index contributed by atoms with van der Waals surface area (Å²) in [6, 6.07) is -0.856. The Hall–Kier alpha value is -1.52. The number of alkyl carbamates (subject to hydrolysis) is 1. The van der Waals surface area contributed by atoms with Crippen molar-refractivity contribution < 1.29 is 19.4 Å². The van der Waals surface area contributed by atoms with E-state index in [1.165, 1.54) is 12.5 Å². The normalized spacial score (nSPS) is 17.8. The molecule has 0 unspecified atom stereocenters. The second-order valence-corrected chi connectivity index (χ2v) is 4.66. The van der Waals surface area contributed by atoms with Gasteiger partial charge in [0.15, 0.2) is 0 Å². The molecule has 0 bridgehead atoms. The average molecular weight is 255 g/mol. The predicted molar refractivity (Wildman–Crippen MR) is 67.3 cm³/mol. The maximum Gasteiger partial charge on any atom is 0.408 e. The lowest BCUT2D eigenvalue weighted by Crippen LogP contribution is -2.42. The molecule has 0 saturated heterocycles. The first-order chi connectivity index (χ1) is 8.63. The Morgan fingerprint density at radius 1 is 1.39 bits per heavy atom. The number of nitrogens with one attached hydrogen (secondary N) is 1. The minimum absolute atomic E-state index is 0.0849. The second-order valence-electron chi connectivity index (χ2n) is 4.66. The lowest BCUT2D eigenvalue weighted by atomic mass is 9.85. The van der Waals surface area contributed by atoms with Crippen molar-refractivity contribution in [2.75, 3.05) is 6.61 Å². The Labute approximate surface area is 107 Å². The molecule has 1 aliphatic rings. The Morgan fingerprint density at radius 2 is 2.06 bits per heavy atom. The van der Waals surface area contributed by atoms with E-state index >= 15 is 0 Å². The van der Waals surface area contributed by atoms with E-state index in [4.69, 9.17) is 9.84 Å². The van der Waals surface area contributed by atoms with Crippen LogP contribution in [0.5, 0.6) is 0 Å². The minimum atomic E-state index is -1.00. The molecule has 0 aliphatic heterocycles. The minimum Gasteiger partial charge on any atom is -0.480 e. The quantitative estimate of drug-likeness (QED) is 0.714. The zero-order valence-electron chi connectivity index (χ0n) is 10.6.